The van der Waals surface area contributed by atoms with Crippen LogP contribution in [-0.2, 0) is 6.42 Å². The second-order valence-corrected chi connectivity index (χ2v) is 2.50. The van der Waals surface area contributed by atoms with Gasteiger partial charge < -0.3 is 10.2 Å². The van der Waals surface area contributed by atoms with Crippen LogP contribution in [0.3, 0.4) is 0 Å². The maximum atomic E-state index is 10.6. The zero-order valence-corrected chi connectivity index (χ0v) is 6.74. The number of carboxylic acid groups (broad SMARTS) is 1. The number of carboxylic acids is 1. The van der Waals surface area contributed by atoms with Crippen molar-refractivity contribution in [2.75, 3.05) is 0 Å². The van der Waals surface area contributed by atoms with Crippen molar-refractivity contribution in [3.63, 3.8) is 0 Å². The van der Waals surface area contributed by atoms with Gasteiger partial charge in [-0.15, -0.1) is 0 Å². The van der Waals surface area contributed by atoms with Crippen molar-refractivity contribution in [3.8, 4) is 5.75 Å². The molecule has 0 radical (unpaired) electrons. The number of benzene rings is 1. The van der Waals surface area contributed by atoms with E-state index in [2.05, 4.69) is 0 Å². The fourth-order valence-corrected chi connectivity index (χ4v) is 1.08. The summed E-state index contributed by atoms with van der Waals surface area (Å²) < 4.78 is 0. The zero-order valence-electron chi connectivity index (χ0n) is 6.74. The van der Waals surface area contributed by atoms with Crippen LogP contribution in [0, 0.1) is 0 Å². The molecule has 0 saturated carbocycles. The molecule has 0 aliphatic carbocycles. The van der Waals surface area contributed by atoms with Gasteiger partial charge in [-0.2, -0.15) is 0 Å². The zero-order chi connectivity index (χ0) is 9.14. The van der Waals surface area contributed by atoms with E-state index in [4.69, 9.17) is 10.2 Å². The Bertz CT molecular complexity index is 310. The fraction of sp³-hybridized carbons (Fsp3) is 0.222. The molecule has 1 aromatic carbocycles. The van der Waals surface area contributed by atoms with Gasteiger partial charge in [0.15, 0.2) is 0 Å². The van der Waals surface area contributed by atoms with E-state index in [-0.39, 0.29) is 40.9 Å². The molecule has 0 bridgehead atoms. The number of carbonyl (C=O) groups is 1. The van der Waals surface area contributed by atoms with Crippen LogP contribution in [0.2, 0.25) is 0 Å². The van der Waals surface area contributed by atoms with Crippen LogP contribution in [0.4, 0.5) is 0 Å². The predicted octanol–water partition coefficient (Wildman–Crippen LogP) is 1.00. The van der Waals surface area contributed by atoms with Gasteiger partial charge in [0.1, 0.15) is 5.75 Å². The summed E-state index contributed by atoms with van der Waals surface area (Å²) in [5.74, 6) is -0.844. The fourth-order valence-electron chi connectivity index (χ4n) is 1.08. The van der Waals surface area contributed by atoms with Crippen LogP contribution in [-0.4, -0.2) is 45.7 Å². The molecule has 1 rings (SSSR count). The van der Waals surface area contributed by atoms with Crippen LogP contribution in [0.5, 0.6) is 5.75 Å². The van der Waals surface area contributed by atoms with Crippen LogP contribution in [0.15, 0.2) is 18.2 Å². The summed E-state index contributed by atoms with van der Waals surface area (Å²) in [5.41, 5.74) is 0.915. The summed E-state index contributed by atoms with van der Waals surface area (Å²) >= 11 is 0. The number of phenols is 1. The first kappa shape index (κ1) is 12.5. The Kier molecular flexibility index (Phi) is 5.06. The van der Waals surface area contributed by atoms with Gasteiger partial charge in [0.25, 0.3) is 0 Å². The number of hydrogen-bond donors (Lipinski definition) is 2. The molecule has 4 heteroatoms. The topological polar surface area (TPSA) is 57.5 Å². The Hall–Kier alpha value is -0.510. The van der Waals surface area contributed by atoms with Gasteiger partial charge in [-0.05, 0) is 30.2 Å². The molecule has 2 N–H and O–H groups in total. The van der Waals surface area contributed by atoms with E-state index in [1.807, 2.05) is 6.92 Å². The van der Waals surface area contributed by atoms with E-state index < -0.39 is 5.97 Å². The average Bonchev–Trinajstić information content (AvgIpc) is 2.03. The normalized spacial score (nSPS) is 9.00. The summed E-state index contributed by atoms with van der Waals surface area (Å²) in [7, 11) is 0. The Balaban J connectivity index is 0.00000144. The van der Waals surface area contributed by atoms with Crippen molar-refractivity contribution in [1.82, 2.24) is 0 Å². The molecule has 13 heavy (non-hydrogen) atoms. The SMILES string of the molecule is CCc1cc(O)ccc1C(=O)O.[NaH]. The molecule has 0 aromatic heterocycles. The molecule has 66 valence electrons. The summed E-state index contributed by atoms with van der Waals surface area (Å²) in [6, 6.07) is 4.27. The monoisotopic (exact) mass is 190 g/mol. The minimum atomic E-state index is -0.952. The molecule has 0 heterocycles. The molecule has 0 spiro atoms. The third kappa shape index (κ3) is 3.03. The van der Waals surface area contributed by atoms with E-state index in [1.165, 1.54) is 18.2 Å². The molecule has 1 aromatic rings. The van der Waals surface area contributed by atoms with E-state index >= 15 is 0 Å². The van der Waals surface area contributed by atoms with Gasteiger partial charge in [0.2, 0.25) is 0 Å². The Morgan fingerprint density at radius 3 is 2.54 bits per heavy atom. The van der Waals surface area contributed by atoms with E-state index in [0.29, 0.717) is 12.0 Å². The number of aromatic carboxylic acids is 1. The van der Waals surface area contributed by atoms with E-state index in [1.54, 1.807) is 0 Å². The Morgan fingerprint density at radius 1 is 1.46 bits per heavy atom. The number of hydrogen-bond acceptors (Lipinski definition) is 2. The first-order chi connectivity index (χ1) is 5.65. The summed E-state index contributed by atoms with van der Waals surface area (Å²) in [6.07, 6.45) is 0.607. The molecular weight excluding hydrogens is 179 g/mol. The molecule has 0 atom stereocenters. The van der Waals surface area contributed by atoms with Crippen molar-refractivity contribution in [2.24, 2.45) is 0 Å². The molecule has 0 saturated heterocycles. The summed E-state index contributed by atoms with van der Waals surface area (Å²) in [4.78, 5) is 10.6. The van der Waals surface area contributed by atoms with Gasteiger partial charge in [-0.1, -0.05) is 6.92 Å². The molecule has 0 fully saturated rings. The number of aromatic hydroxyl groups is 1. The third-order valence-corrected chi connectivity index (χ3v) is 1.70. The molecule has 0 unspecified atom stereocenters. The van der Waals surface area contributed by atoms with Crippen LogP contribution < -0.4 is 0 Å². The van der Waals surface area contributed by atoms with Crippen LogP contribution in [0.25, 0.3) is 0 Å². The Labute approximate surface area is 98.7 Å². The van der Waals surface area contributed by atoms with Gasteiger partial charge in [0, 0.05) is 0 Å². The van der Waals surface area contributed by atoms with Crippen molar-refractivity contribution in [2.45, 2.75) is 13.3 Å². The summed E-state index contributed by atoms with van der Waals surface area (Å²) in [5, 5.41) is 17.8. The van der Waals surface area contributed by atoms with Crippen LogP contribution >= 0.6 is 0 Å². The molecule has 3 nitrogen and oxygen atoms in total. The molecule has 0 aliphatic rings. The van der Waals surface area contributed by atoms with Gasteiger partial charge in [-0.3, -0.25) is 0 Å². The van der Waals surface area contributed by atoms with Crippen molar-refractivity contribution < 1.29 is 15.0 Å². The molecule has 0 aliphatic heterocycles. The van der Waals surface area contributed by atoms with Gasteiger partial charge in [-0.25, -0.2) is 4.79 Å². The maximum absolute atomic E-state index is 10.6. The Morgan fingerprint density at radius 2 is 2.08 bits per heavy atom. The van der Waals surface area contributed by atoms with Crippen molar-refractivity contribution in [3.05, 3.63) is 29.3 Å². The average molecular weight is 190 g/mol. The minimum absolute atomic E-state index is 0. The molecule has 0 amide bonds. The van der Waals surface area contributed by atoms with Crippen molar-refractivity contribution >= 4 is 35.5 Å². The van der Waals surface area contributed by atoms with Gasteiger partial charge in [0.05, 0.1) is 5.56 Å². The number of aryl methyl sites for hydroxylation is 1. The third-order valence-electron chi connectivity index (χ3n) is 1.70. The molecular formula is C9H11NaO3. The first-order valence-electron chi connectivity index (χ1n) is 3.70. The quantitative estimate of drug-likeness (QED) is 0.684. The van der Waals surface area contributed by atoms with Crippen molar-refractivity contribution in [1.29, 1.82) is 0 Å². The predicted molar refractivity (Wildman–Crippen MR) is 51.6 cm³/mol. The number of rotatable bonds is 2. The van der Waals surface area contributed by atoms with E-state index in [0.717, 1.165) is 0 Å². The second kappa shape index (κ2) is 5.27. The first-order valence-corrected chi connectivity index (χ1v) is 3.70. The summed E-state index contributed by atoms with van der Waals surface area (Å²) in [6.45, 7) is 1.85. The van der Waals surface area contributed by atoms with Crippen LogP contribution in [0.1, 0.15) is 22.8 Å². The number of phenolic OH excluding ortho intramolecular Hbond substituents is 1. The van der Waals surface area contributed by atoms with Gasteiger partial charge >= 0.3 is 35.5 Å². The second-order valence-electron chi connectivity index (χ2n) is 2.50. The standard InChI is InChI=1S/C9H10O3.Na.H/c1-2-6-5-7(10)3-4-8(6)9(11)12;;/h3-5,10H,2H2,1H3,(H,11,12);;. The van der Waals surface area contributed by atoms with E-state index in [9.17, 15) is 4.79 Å².